The quantitative estimate of drug-likeness (QED) is 0.397. The van der Waals surface area contributed by atoms with Crippen LogP contribution in [0.4, 0.5) is 5.69 Å². The smallest absolute Gasteiger partial charge is 0.336 e. The maximum Gasteiger partial charge on any atom is 0.336 e. The first-order valence-corrected chi connectivity index (χ1v) is 11.0. The number of pyridine rings is 2. The van der Waals surface area contributed by atoms with E-state index in [1.807, 2.05) is 0 Å². The second kappa shape index (κ2) is 10.5. The number of rotatable bonds is 9. The van der Waals surface area contributed by atoms with E-state index in [0.29, 0.717) is 24.3 Å². The van der Waals surface area contributed by atoms with Gasteiger partial charge >= 0.3 is 5.97 Å². The minimum absolute atomic E-state index is 0.258. The van der Waals surface area contributed by atoms with Crippen molar-refractivity contribution >= 4 is 22.6 Å². The van der Waals surface area contributed by atoms with E-state index in [1.54, 1.807) is 31.6 Å². The largest absolute Gasteiger partial charge is 0.478 e. The third-order valence-corrected chi connectivity index (χ3v) is 6.03. The first-order chi connectivity index (χ1) is 15.7. The molecule has 0 atom stereocenters. The molecular weight excluding hydrogens is 406 g/mol. The molecule has 1 aromatic carbocycles. The number of hydrogen-bond donors (Lipinski definition) is 1. The molecule has 7 heteroatoms. The highest BCUT2D eigenvalue weighted by Gasteiger charge is 2.24. The number of methoxy groups -OCH3 is 1. The van der Waals surface area contributed by atoms with Gasteiger partial charge in [-0.05, 0) is 55.5 Å². The second-order valence-corrected chi connectivity index (χ2v) is 8.14. The lowest BCUT2D eigenvalue weighted by Gasteiger charge is -2.33. The summed E-state index contributed by atoms with van der Waals surface area (Å²) in [6.45, 7) is 2.89. The average molecular weight is 436 g/mol. The summed E-state index contributed by atoms with van der Waals surface area (Å²) < 4.78 is 10.2. The normalized spacial score (nSPS) is 14.7. The summed E-state index contributed by atoms with van der Waals surface area (Å²) in [5, 5.41) is 10.2. The van der Waals surface area contributed by atoms with E-state index in [0.717, 1.165) is 44.5 Å². The van der Waals surface area contributed by atoms with Gasteiger partial charge in [-0.25, -0.2) is 4.79 Å². The molecule has 0 radical (unpaired) electrons. The lowest BCUT2D eigenvalue weighted by molar-refractivity contribution is -0.0310. The van der Waals surface area contributed by atoms with E-state index < -0.39 is 5.97 Å². The Balaban J connectivity index is 1.37. The fourth-order valence-electron chi connectivity index (χ4n) is 4.30. The van der Waals surface area contributed by atoms with Crippen molar-refractivity contribution in [2.24, 2.45) is 0 Å². The summed E-state index contributed by atoms with van der Waals surface area (Å²) in [4.78, 5) is 23.0. The molecule has 1 aliphatic heterocycles. The van der Waals surface area contributed by atoms with Crippen LogP contribution >= 0.6 is 0 Å². The molecule has 1 saturated heterocycles. The number of ether oxygens (including phenoxy) is 2. The molecule has 2 aromatic heterocycles. The Morgan fingerprint density at radius 1 is 1.19 bits per heavy atom. The van der Waals surface area contributed by atoms with Gasteiger partial charge in [0, 0.05) is 61.9 Å². The minimum atomic E-state index is -0.936. The highest BCUT2D eigenvalue weighted by atomic mass is 16.7. The summed E-state index contributed by atoms with van der Waals surface area (Å²) in [5.74, 6) is -0.678. The molecule has 0 unspecified atom stereocenters. The number of benzene rings is 1. The number of hydrogen-bond acceptors (Lipinski definition) is 6. The zero-order valence-electron chi connectivity index (χ0n) is 18.4. The van der Waals surface area contributed by atoms with Crippen LogP contribution in [0.1, 0.15) is 46.8 Å². The van der Waals surface area contributed by atoms with Crippen LogP contribution in [0.15, 0.2) is 48.8 Å². The van der Waals surface area contributed by atoms with Crippen molar-refractivity contribution < 1.29 is 19.4 Å². The van der Waals surface area contributed by atoms with Crippen LogP contribution in [0.3, 0.4) is 0 Å². The van der Waals surface area contributed by atoms with Crippen molar-refractivity contribution in [3.05, 3.63) is 65.6 Å². The number of carboxylic acid groups (broad SMARTS) is 1. The molecular formula is C25H29N3O4. The van der Waals surface area contributed by atoms with Gasteiger partial charge in [-0.3, -0.25) is 9.97 Å². The standard InChI is InChI=1S/C25H29N3O4/c1-31-17-32-14-2-3-18-4-6-20(7-5-18)28-12-9-19(10-13-28)24-15-21(25(29)30)22-16-26-11-8-23(22)27-24/h4-8,11,15-16,19H,2-3,9-10,12-14,17H2,1H3,(H,29,30). The van der Waals surface area contributed by atoms with Crippen molar-refractivity contribution in [3.63, 3.8) is 0 Å². The maximum atomic E-state index is 11.8. The molecule has 1 N–H and O–H groups in total. The van der Waals surface area contributed by atoms with Crippen LogP contribution in [-0.4, -0.2) is 54.6 Å². The van der Waals surface area contributed by atoms with E-state index in [1.165, 1.54) is 11.3 Å². The van der Waals surface area contributed by atoms with E-state index in [4.69, 9.17) is 14.5 Å². The Morgan fingerprint density at radius 2 is 1.97 bits per heavy atom. The topological polar surface area (TPSA) is 84.8 Å². The van der Waals surface area contributed by atoms with Crippen LogP contribution in [0.2, 0.25) is 0 Å². The van der Waals surface area contributed by atoms with E-state index in [2.05, 4.69) is 34.1 Å². The minimum Gasteiger partial charge on any atom is -0.478 e. The fraction of sp³-hybridized carbons (Fsp3) is 0.400. The van der Waals surface area contributed by atoms with Gasteiger partial charge in [-0.1, -0.05) is 12.1 Å². The van der Waals surface area contributed by atoms with Crippen molar-refractivity contribution in [3.8, 4) is 0 Å². The van der Waals surface area contributed by atoms with Gasteiger partial charge in [0.05, 0.1) is 11.1 Å². The van der Waals surface area contributed by atoms with E-state index >= 15 is 0 Å². The van der Waals surface area contributed by atoms with Crippen LogP contribution in [0.25, 0.3) is 10.9 Å². The molecule has 7 nitrogen and oxygen atoms in total. The average Bonchev–Trinajstić information content (AvgIpc) is 2.83. The van der Waals surface area contributed by atoms with Crippen molar-refractivity contribution in [2.75, 3.05) is 38.5 Å². The molecule has 4 rings (SSSR count). The van der Waals surface area contributed by atoms with Crippen molar-refractivity contribution in [1.29, 1.82) is 0 Å². The highest BCUT2D eigenvalue weighted by Crippen LogP contribution is 2.31. The summed E-state index contributed by atoms with van der Waals surface area (Å²) in [6, 6.07) is 12.3. The molecule has 1 aliphatic rings. The number of aromatic carboxylic acids is 1. The van der Waals surface area contributed by atoms with Gasteiger partial charge in [-0.15, -0.1) is 0 Å². The highest BCUT2D eigenvalue weighted by molar-refractivity contribution is 6.02. The van der Waals surface area contributed by atoms with Gasteiger partial charge in [0.15, 0.2) is 0 Å². The first-order valence-electron chi connectivity index (χ1n) is 11.0. The Labute approximate surface area is 188 Å². The van der Waals surface area contributed by atoms with Crippen LogP contribution in [-0.2, 0) is 15.9 Å². The van der Waals surface area contributed by atoms with Crippen LogP contribution in [0.5, 0.6) is 0 Å². The van der Waals surface area contributed by atoms with Gasteiger partial charge in [0.25, 0.3) is 0 Å². The predicted molar refractivity (Wildman–Crippen MR) is 123 cm³/mol. The monoisotopic (exact) mass is 435 g/mol. The first kappa shape index (κ1) is 22.2. The zero-order chi connectivity index (χ0) is 22.3. The lowest BCUT2D eigenvalue weighted by Crippen LogP contribution is -2.33. The molecule has 32 heavy (non-hydrogen) atoms. The Morgan fingerprint density at radius 3 is 2.69 bits per heavy atom. The summed E-state index contributed by atoms with van der Waals surface area (Å²) in [5.41, 5.74) is 4.38. The molecule has 168 valence electrons. The van der Waals surface area contributed by atoms with Crippen molar-refractivity contribution in [1.82, 2.24) is 9.97 Å². The van der Waals surface area contributed by atoms with Gasteiger partial charge in [0.1, 0.15) is 6.79 Å². The lowest BCUT2D eigenvalue weighted by atomic mass is 9.91. The zero-order valence-corrected chi connectivity index (χ0v) is 18.4. The Kier molecular flexibility index (Phi) is 7.29. The summed E-state index contributed by atoms with van der Waals surface area (Å²) >= 11 is 0. The van der Waals surface area contributed by atoms with Gasteiger partial charge < -0.3 is 19.5 Å². The maximum absolute atomic E-state index is 11.8. The molecule has 1 fully saturated rings. The number of nitrogens with zero attached hydrogens (tertiary/aromatic N) is 3. The SMILES string of the molecule is COCOCCCc1ccc(N2CCC(c3cc(C(=O)O)c4cnccc4n3)CC2)cc1. The van der Waals surface area contributed by atoms with Crippen molar-refractivity contribution in [2.45, 2.75) is 31.6 Å². The fourth-order valence-corrected chi connectivity index (χ4v) is 4.30. The molecule has 3 heterocycles. The Bertz CT molecular complexity index is 1050. The molecule has 0 bridgehead atoms. The molecule has 0 aliphatic carbocycles. The molecule has 3 aromatic rings. The molecule has 0 amide bonds. The third kappa shape index (κ3) is 5.23. The second-order valence-electron chi connectivity index (χ2n) is 8.14. The summed E-state index contributed by atoms with van der Waals surface area (Å²) in [6.07, 6.45) is 7.09. The molecule has 0 spiro atoms. The number of aryl methyl sites for hydroxylation is 1. The summed E-state index contributed by atoms with van der Waals surface area (Å²) in [7, 11) is 1.63. The number of fused-ring (bicyclic) bond motifs is 1. The number of carboxylic acids is 1. The van der Waals surface area contributed by atoms with Gasteiger partial charge in [0.2, 0.25) is 0 Å². The van der Waals surface area contributed by atoms with Gasteiger partial charge in [-0.2, -0.15) is 0 Å². The Hall–Kier alpha value is -3.03. The number of aromatic nitrogens is 2. The predicted octanol–water partition coefficient (Wildman–Crippen LogP) is 4.27. The van der Waals surface area contributed by atoms with E-state index in [-0.39, 0.29) is 11.5 Å². The number of anilines is 1. The van der Waals surface area contributed by atoms with Crippen LogP contribution in [0, 0.1) is 0 Å². The van der Waals surface area contributed by atoms with E-state index in [9.17, 15) is 9.90 Å². The number of carbonyl (C=O) groups is 1. The molecule has 0 saturated carbocycles. The third-order valence-electron chi connectivity index (χ3n) is 6.03. The number of piperidine rings is 1. The van der Waals surface area contributed by atoms with Crippen LogP contribution < -0.4 is 4.90 Å².